The number of hydrogen-bond donors (Lipinski definition) is 1. The fourth-order valence-electron chi connectivity index (χ4n) is 2.91. The third-order valence-corrected chi connectivity index (χ3v) is 3.91. The molecule has 0 aromatic carbocycles. The van der Waals surface area contributed by atoms with Gasteiger partial charge in [0.2, 0.25) is 5.88 Å². The Bertz CT molecular complexity index is 430. The van der Waals surface area contributed by atoms with Gasteiger partial charge in [0.15, 0.2) is 0 Å². The lowest BCUT2D eigenvalue weighted by Gasteiger charge is -2.36. The maximum absolute atomic E-state index is 6.00. The number of aromatic nitrogens is 2. The zero-order valence-corrected chi connectivity index (χ0v) is 12.8. The van der Waals surface area contributed by atoms with Crippen LogP contribution in [0, 0.1) is 6.92 Å². The number of nitrogens with zero attached hydrogens (tertiary/aromatic N) is 3. The summed E-state index contributed by atoms with van der Waals surface area (Å²) in [4.78, 5) is 11.3. The molecule has 5 heteroatoms. The normalized spacial score (nSPS) is 22.6. The van der Waals surface area contributed by atoms with Gasteiger partial charge >= 0.3 is 0 Å². The molecule has 1 fully saturated rings. The van der Waals surface area contributed by atoms with Crippen LogP contribution in [0.1, 0.15) is 45.4 Å². The fraction of sp³-hybridized carbons (Fsp3) is 0.733. The van der Waals surface area contributed by atoms with Crippen LogP contribution >= 0.6 is 0 Å². The Hall–Kier alpha value is -1.36. The summed E-state index contributed by atoms with van der Waals surface area (Å²) < 4.78 is 5.53. The minimum Gasteiger partial charge on any atom is -0.478 e. The van der Waals surface area contributed by atoms with Crippen LogP contribution in [-0.4, -0.2) is 35.2 Å². The minimum absolute atomic E-state index is 0.371. The van der Waals surface area contributed by atoms with E-state index in [1.807, 2.05) is 19.9 Å². The van der Waals surface area contributed by atoms with E-state index in [1.54, 1.807) is 0 Å². The van der Waals surface area contributed by atoms with Crippen LogP contribution in [0.2, 0.25) is 0 Å². The van der Waals surface area contributed by atoms with Gasteiger partial charge in [-0.1, -0.05) is 0 Å². The Labute approximate surface area is 121 Å². The number of nitrogens with two attached hydrogens (primary N) is 1. The van der Waals surface area contributed by atoms with Crippen LogP contribution in [0.3, 0.4) is 0 Å². The van der Waals surface area contributed by atoms with Gasteiger partial charge in [0.05, 0.1) is 6.61 Å². The Balaban J connectivity index is 2.18. The van der Waals surface area contributed by atoms with Crippen LogP contribution in [-0.2, 0) is 0 Å². The fourth-order valence-corrected chi connectivity index (χ4v) is 2.91. The smallest absolute Gasteiger partial charge is 0.218 e. The molecular weight excluding hydrogens is 252 g/mol. The molecule has 112 valence electrons. The van der Waals surface area contributed by atoms with E-state index in [0.29, 0.717) is 24.6 Å². The minimum atomic E-state index is 0.371. The van der Waals surface area contributed by atoms with Crippen LogP contribution in [0.15, 0.2) is 6.07 Å². The lowest BCUT2D eigenvalue weighted by Crippen LogP contribution is -2.41. The summed E-state index contributed by atoms with van der Waals surface area (Å²) in [5, 5.41) is 0. The zero-order chi connectivity index (χ0) is 14.5. The molecule has 20 heavy (non-hydrogen) atoms. The molecule has 1 aromatic heterocycles. The van der Waals surface area contributed by atoms with Gasteiger partial charge in [-0.15, -0.1) is 0 Å². The Morgan fingerprint density at radius 2 is 1.95 bits per heavy atom. The average Bonchev–Trinajstić information content (AvgIpc) is 2.41. The number of anilines is 1. The van der Waals surface area contributed by atoms with Gasteiger partial charge in [-0.05, 0) is 46.5 Å². The number of hydrogen-bond acceptors (Lipinski definition) is 5. The third-order valence-electron chi connectivity index (χ3n) is 3.91. The number of rotatable bonds is 5. The lowest BCUT2D eigenvalue weighted by molar-refractivity contribution is 0.324. The summed E-state index contributed by atoms with van der Waals surface area (Å²) in [5.74, 6) is 2.40. The molecule has 0 radical (unpaired) electrons. The highest BCUT2D eigenvalue weighted by Gasteiger charge is 2.24. The van der Waals surface area contributed by atoms with Crippen molar-refractivity contribution in [2.75, 3.05) is 18.1 Å². The summed E-state index contributed by atoms with van der Waals surface area (Å²) in [6.45, 7) is 7.63. The van der Waals surface area contributed by atoms with Gasteiger partial charge in [-0.25, -0.2) is 4.98 Å². The van der Waals surface area contributed by atoms with Crippen LogP contribution in [0.4, 0.5) is 5.82 Å². The first-order valence-corrected chi connectivity index (χ1v) is 7.64. The van der Waals surface area contributed by atoms with Crippen LogP contribution in [0.5, 0.6) is 5.88 Å². The largest absolute Gasteiger partial charge is 0.478 e. The van der Waals surface area contributed by atoms with Crippen molar-refractivity contribution in [2.24, 2.45) is 5.73 Å². The molecule has 2 N–H and O–H groups in total. The molecular formula is C15H26N4O. The van der Waals surface area contributed by atoms with Gasteiger partial charge in [0.25, 0.3) is 0 Å². The molecule has 1 aromatic rings. The van der Waals surface area contributed by atoms with Crippen molar-refractivity contribution in [3.63, 3.8) is 0 Å². The predicted molar refractivity (Wildman–Crippen MR) is 81.2 cm³/mol. The molecule has 0 aliphatic heterocycles. The first kappa shape index (κ1) is 15.0. The summed E-state index contributed by atoms with van der Waals surface area (Å²) >= 11 is 0. The second-order valence-electron chi connectivity index (χ2n) is 5.40. The standard InChI is InChI=1S/C15H26N4O/c1-4-19(13-8-6-12(16)7-9-13)14-10-15(20-5-2)18-11(3)17-14/h10,12-13H,4-9,16H2,1-3H3. The Morgan fingerprint density at radius 1 is 1.25 bits per heavy atom. The molecule has 1 saturated carbocycles. The van der Waals surface area contributed by atoms with E-state index < -0.39 is 0 Å². The van der Waals surface area contributed by atoms with Crippen molar-refractivity contribution in [1.29, 1.82) is 0 Å². The van der Waals surface area contributed by atoms with E-state index in [-0.39, 0.29) is 0 Å². The Morgan fingerprint density at radius 3 is 2.55 bits per heavy atom. The molecule has 0 bridgehead atoms. The van der Waals surface area contributed by atoms with E-state index >= 15 is 0 Å². The van der Waals surface area contributed by atoms with Crippen LogP contribution < -0.4 is 15.4 Å². The van der Waals surface area contributed by atoms with Crippen LogP contribution in [0.25, 0.3) is 0 Å². The summed E-state index contributed by atoms with van der Waals surface area (Å²) in [5.41, 5.74) is 6.00. The van der Waals surface area contributed by atoms with E-state index in [2.05, 4.69) is 21.8 Å². The van der Waals surface area contributed by atoms with E-state index in [9.17, 15) is 0 Å². The predicted octanol–water partition coefficient (Wildman–Crippen LogP) is 2.28. The maximum Gasteiger partial charge on any atom is 0.218 e. The highest BCUT2D eigenvalue weighted by Crippen LogP contribution is 2.27. The van der Waals surface area contributed by atoms with E-state index in [0.717, 1.165) is 43.9 Å². The van der Waals surface area contributed by atoms with Gasteiger partial charge < -0.3 is 15.4 Å². The SMILES string of the molecule is CCOc1cc(N(CC)C2CCC(N)CC2)nc(C)n1. The maximum atomic E-state index is 6.00. The third kappa shape index (κ3) is 3.60. The van der Waals surface area contributed by atoms with Gasteiger partial charge in [-0.3, -0.25) is 0 Å². The molecule has 1 aliphatic carbocycles. The molecule has 1 aliphatic rings. The molecule has 0 unspecified atom stereocenters. The highest BCUT2D eigenvalue weighted by molar-refractivity contribution is 5.43. The monoisotopic (exact) mass is 278 g/mol. The Kier molecular flexibility index (Phi) is 5.17. The second-order valence-corrected chi connectivity index (χ2v) is 5.40. The molecule has 5 nitrogen and oxygen atoms in total. The molecule has 2 rings (SSSR count). The lowest BCUT2D eigenvalue weighted by atomic mass is 9.91. The van der Waals surface area contributed by atoms with E-state index in [4.69, 9.17) is 10.5 Å². The van der Waals surface area contributed by atoms with E-state index in [1.165, 1.54) is 0 Å². The van der Waals surface area contributed by atoms with Gasteiger partial charge in [0, 0.05) is 24.7 Å². The zero-order valence-electron chi connectivity index (χ0n) is 12.8. The average molecular weight is 278 g/mol. The summed E-state index contributed by atoms with van der Waals surface area (Å²) in [7, 11) is 0. The summed E-state index contributed by atoms with van der Waals surface area (Å²) in [6, 6.07) is 2.86. The van der Waals surface area contributed by atoms with Crippen molar-refractivity contribution in [3.8, 4) is 5.88 Å². The number of aryl methyl sites for hydroxylation is 1. The topological polar surface area (TPSA) is 64.3 Å². The molecule has 0 atom stereocenters. The van der Waals surface area contributed by atoms with Crippen molar-refractivity contribution in [1.82, 2.24) is 9.97 Å². The second kappa shape index (κ2) is 6.88. The number of ether oxygens (including phenoxy) is 1. The molecule has 0 saturated heterocycles. The first-order valence-electron chi connectivity index (χ1n) is 7.64. The van der Waals surface area contributed by atoms with Crippen molar-refractivity contribution in [2.45, 2.75) is 58.5 Å². The van der Waals surface area contributed by atoms with Gasteiger partial charge in [-0.2, -0.15) is 4.98 Å². The molecule has 1 heterocycles. The summed E-state index contributed by atoms with van der Waals surface area (Å²) in [6.07, 6.45) is 4.48. The highest BCUT2D eigenvalue weighted by atomic mass is 16.5. The molecule has 0 spiro atoms. The van der Waals surface area contributed by atoms with Crippen molar-refractivity contribution >= 4 is 5.82 Å². The van der Waals surface area contributed by atoms with Gasteiger partial charge in [0.1, 0.15) is 11.6 Å². The molecule has 0 amide bonds. The first-order chi connectivity index (χ1) is 9.63. The van der Waals surface area contributed by atoms with Crippen molar-refractivity contribution < 1.29 is 4.74 Å². The quantitative estimate of drug-likeness (QED) is 0.895. The van der Waals surface area contributed by atoms with Crippen molar-refractivity contribution in [3.05, 3.63) is 11.9 Å².